The van der Waals surface area contributed by atoms with Crippen LogP contribution in [0.25, 0.3) is 0 Å². The number of benzene rings is 2. The van der Waals surface area contributed by atoms with Crippen LogP contribution in [0.3, 0.4) is 0 Å². The fraction of sp³-hybridized carbons (Fsp3) is 0.409. The molecule has 0 radical (unpaired) electrons. The van der Waals surface area contributed by atoms with Crippen LogP contribution in [0.4, 0.5) is 4.39 Å². The number of para-hydroxylation sites is 1. The lowest BCUT2D eigenvalue weighted by Crippen LogP contribution is -2.50. The number of halogens is 1. The smallest absolute Gasteiger partial charge is 0.247 e. The quantitative estimate of drug-likeness (QED) is 0.528. The Morgan fingerprint density at radius 2 is 1.72 bits per heavy atom. The van der Waals surface area contributed by atoms with Crippen molar-refractivity contribution in [1.82, 2.24) is 9.21 Å². The van der Waals surface area contributed by atoms with E-state index in [-0.39, 0.29) is 48.4 Å². The number of sulfonamides is 1. The number of ether oxygens (including phenoxy) is 3. The van der Waals surface area contributed by atoms with E-state index in [0.29, 0.717) is 25.3 Å². The molecule has 3 rings (SSSR count). The van der Waals surface area contributed by atoms with Crippen molar-refractivity contribution in [1.29, 1.82) is 0 Å². The Hall–Kier alpha value is -2.85. The van der Waals surface area contributed by atoms with E-state index in [9.17, 15) is 17.6 Å². The monoisotopic (exact) mass is 466 g/mol. The number of carbonyl (C=O) groups is 1. The van der Waals surface area contributed by atoms with Gasteiger partial charge in [0, 0.05) is 38.7 Å². The van der Waals surface area contributed by atoms with Crippen molar-refractivity contribution in [3.8, 4) is 17.2 Å². The summed E-state index contributed by atoms with van der Waals surface area (Å²) in [6.07, 6.45) is 0.678. The van der Waals surface area contributed by atoms with Crippen molar-refractivity contribution in [2.75, 3.05) is 47.0 Å². The molecule has 1 amide bonds. The first kappa shape index (κ1) is 23.8. The molecule has 0 saturated carbocycles. The molecule has 0 unspecified atom stereocenters. The molecule has 1 fully saturated rings. The van der Waals surface area contributed by atoms with Crippen LogP contribution in [0, 0.1) is 5.82 Å². The minimum absolute atomic E-state index is 0.0319. The third-order valence-electron chi connectivity index (χ3n) is 5.21. The van der Waals surface area contributed by atoms with Crippen molar-refractivity contribution in [2.45, 2.75) is 17.7 Å². The van der Waals surface area contributed by atoms with Gasteiger partial charge in [-0.15, -0.1) is 0 Å². The number of piperazine rings is 1. The van der Waals surface area contributed by atoms with Gasteiger partial charge in [0.1, 0.15) is 16.4 Å². The number of carbonyl (C=O) groups excluding carboxylic acids is 1. The lowest BCUT2D eigenvalue weighted by atomic mass is 10.2. The SMILES string of the molecule is COc1ccc(OC)c(S(=O)(=O)N2CCN(C(=O)CCCOc3ccccc3F)CC2)c1. The van der Waals surface area contributed by atoms with Crippen molar-refractivity contribution >= 4 is 15.9 Å². The first-order valence-electron chi connectivity index (χ1n) is 10.2. The molecule has 0 atom stereocenters. The first-order chi connectivity index (χ1) is 15.4. The average molecular weight is 467 g/mol. The fourth-order valence-corrected chi connectivity index (χ4v) is 5.02. The topological polar surface area (TPSA) is 85.4 Å². The van der Waals surface area contributed by atoms with Crippen LogP contribution in [0.1, 0.15) is 12.8 Å². The van der Waals surface area contributed by atoms with E-state index in [2.05, 4.69) is 0 Å². The highest BCUT2D eigenvalue weighted by molar-refractivity contribution is 7.89. The molecule has 0 N–H and O–H groups in total. The maximum absolute atomic E-state index is 13.5. The standard InChI is InChI=1S/C22H27FN2O6S/c1-29-17-9-10-20(30-2)21(16-17)32(27,28)25-13-11-24(12-14-25)22(26)8-5-15-31-19-7-4-3-6-18(19)23/h3-4,6-7,9-10,16H,5,8,11-15H2,1-2H3. The van der Waals surface area contributed by atoms with E-state index in [1.807, 2.05) is 0 Å². The van der Waals surface area contributed by atoms with E-state index in [0.717, 1.165) is 0 Å². The van der Waals surface area contributed by atoms with Crippen LogP contribution in [0.15, 0.2) is 47.4 Å². The number of hydrogen-bond acceptors (Lipinski definition) is 6. The van der Waals surface area contributed by atoms with Gasteiger partial charge in [-0.3, -0.25) is 4.79 Å². The minimum atomic E-state index is -3.81. The Balaban J connectivity index is 1.52. The summed E-state index contributed by atoms with van der Waals surface area (Å²) in [6.45, 7) is 1.16. The molecule has 2 aromatic rings. The Labute approximate surface area is 187 Å². The highest BCUT2D eigenvalue weighted by Crippen LogP contribution is 2.31. The van der Waals surface area contributed by atoms with Crippen LogP contribution in [0.2, 0.25) is 0 Å². The zero-order valence-electron chi connectivity index (χ0n) is 18.1. The Morgan fingerprint density at radius 1 is 1.00 bits per heavy atom. The summed E-state index contributed by atoms with van der Waals surface area (Å²) in [7, 11) is -0.935. The second kappa shape index (κ2) is 10.6. The first-order valence-corrected chi connectivity index (χ1v) is 11.7. The largest absolute Gasteiger partial charge is 0.497 e. The van der Waals surface area contributed by atoms with Gasteiger partial charge in [0.05, 0.1) is 20.8 Å². The van der Waals surface area contributed by atoms with Crippen LogP contribution < -0.4 is 14.2 Å². The summed E-state index contributed by atoms with van der Waals surface area (Å²) in [6, 6.07) is 10.7. The van der Waals surface area contributed by atoms with E-state index < -0.39 is 15.8 Å². The number of hydrogen-bond donors (Lipinski definition) is 0. The van der Waals surface area contributed by atoms with Gasteiger partial charge in [-0.2, -0.15) is 4.31 Å². The van der Waals surface area contributed by atoms with Gasteiger partial charge in [-0.25, -0.2) is 12.8 Å². The maximum Gasteiger partial charge on any atom is 0.247 e. The van der Waals surface area contributed by atoms with E-state index in [4.69, 9.17) is 14.2 Å². The van der Waals surface area contributed by atoms with Crippen LogP contribution in [0.5, 0.6) is 17.2 Å². The molecule has 0 aromatic heterocycles. The predicted molar refractivity (Wildman–Crippen MR) is 116 cm³/mol. The predicted octanol–water partition coefficient (Wildman–Crippen LogP) is 2.54. The van der Waals surface area contributed by atoms with Crippen molar-refractivity contribution in [3.05, 3.63) is 48.3 Å². The second-order valence-corrected chi connectivity index (χ2v) is 9.09. The maximum atomic E-state index is 13.5. The molecule has 0 spiro atoms. The van der Waals surface area contributed by atoms with Crippen molar-refractivity contribution in [2.24, 2.45) is 0 Å². The molecule has 1 aliphatic heterocycles. The normalized spacial score (nSPS) is 14.8. The lowest BCUT2D eigenvalue weighted by Gasteiger charge is -2.34. The second-order valence-electron chi connectivity index (χ2n) is 7.18. The molecule has 32 heavy (non-hydrogen) atoms. The minimum Gasteiger partial charge on any atom is -0.497 e. The van der Waals surface area contributed by atoms with Crippen LogP contribution >= 0.6 is 0 Å². The average Bonchev–Trinajstić information content (AvgIpc) is 2.82. The molecule has 174 valence electrons. The van der Waals surface area contributed by atoms with E-state index >= 15 is 0 Å². The highest BCUT2D eigenvalue weighted by atomic mass is 32.2. The van der Waals surface area contributed by atoms with Crippen LogP contribution in [-0.2, 0) is 14.8 Å². The van der Waals surface area contributed by atoms with Gasteiger partial charge >= 0.3 is 0 Å². The van der Waals surface area contributed by atoms with Gasteiger partial charge in [0.25, 0.3) is 0 Å². The summed E-state index contributed by atoms with van der Waals surface area (Å²) >= 11 is 0. The summed E-state index contributed by atoms with van der Waals surface area (Å²) in [5.41, 5.74) is 0. The van der Waals surface area contributed by atoms with Gasteiger partial charge in [-0.05, 0) is 30.7 Å². The summed E-state index contributed by atoms with van der Waals surface area (Å²) in [4.78, 5) is 14.1. The third kappa shape index (κ3) is 5.49. The van der Waals surface area contributed by atoms with E-state index in [1.54, 1.807) is 29.2 Å². The Kier molecular flexibility index (Phi) is 7.92. The number of nitrogens with zero attached hydrogens (tertiary/aromatic N) is 2. The summed E-state index contributed by atoms with van der Waals surface area (Å²) < 4.78 is 56.9. The van der Waals surface area contributed by atoms with Gasteiger partial charge < -0.3 is 19.1 Å². The molecular weight excluding hydrogens is 439 g/mol. The molecule has 8 nitrogen and oxygen atoms in total. The van der Waals surface area contributed by atoms with Crippen LogP contribution in [-0.4, -0.2) is 70.5 Å². The zero-order valence-corrected chi connectivity index (χ0v) is 18.9. The van der Waals surface area contributed by atoms with Crippen molar-refractivity contribution < 1.29 is 31.8 Å². The van der Waals surface area contributed by atoms with E-state index in [1.165, 1.54) is 36.7 Å². The molecular formula is C22H27FN2O6S. The fourth-order valence-electron chi connectivity index (χ4n) is 3.43. The molecule has 0 bridgehead atoms. The summed E-state index contributed by atoms with van der Waals surface area (Å²) in [5, 5.41) is 0. The molecule has 1 aliphatic rings. The number of amides is 1. The molecule has 0 aliphatic carbocycles. The highest BCUT2D eigenvalue weighted by Gasteiger charge is 2.32. The Morgan fingerprint density at radius 3 is 2.38 bits per heavy atom. The summed E-state index contributed by atoms with van der Waals surface area (Å²) in [5.74, 6) is 0.281. The number of rotatable bonds is 9. The lowest BCUT2D eigenvalue weighted by molar-refractivity contribution is -0.132. The molecule has 1 saturated heterocycles. The molecule has 1 heterocycles. The third-order valence-corrected chi connectivity index (χ3v) is 7.13. The molecule has 2 aromatic carbocycles. The molecule has 10 heteroatoms. The zero-order chi connectivity index (χ0) is 23.1. The van der Waals surface area contributed by atoms with Crippen molar-refractivity contribution in [3.63, 3.8) is 0 Å². The van der Waals surface area contributed by atoms with Gasteiger partial charge in [0.15, 0.2) is 11.6 Å². The number of methoxy groups -OCH3 is 2. The Bertz CT molecular complexity index is 1040. The van der Waals surface area contributed by atoms with Gasteiger partial charge in [0.2, 0.25) is 15.9 Å². The van der Waals surface area contributed by atoms with Gasteiger partial charge in [-0.1, -0.05) is 12.1 Å².